The molecule has 0 amide bonds. The van der Waals surface area contributed by atoms with Crippen molar-refractivity contribution in [2.75, 3.05) is 7.11 Å². The molecule has 0 spiro atoms. The Morgan fingerprint density at radius 1 is 1.19 bits per heavy atom. The summed E-state index contributed by atoms with van der Waals surface area (Å²) in [4.78, 5) is 0. The number of ether oxygens (including phenoxy) is 1. The van der Waals surface area contributed by atoms with Crippen LogP contribution in [-0.2, 0) is 12.8 Å². The van der Waals surface area contributed by atoms with Gasteiger partial charge in [0.2, 0.25) is 0 Å². The van der Waals surface area contributed by atoms with Crippen LogP contribution in [0.15, 0.2) is 42.5 Å². The van der Waals surface area contributed by atoms with Gasteiger partial charge in [-0.25, -0.2) is 4.39 Å². The summed E-state index contributed by atoms with van der Waals surface area (Å²) in [6, 6.07) is 13.2. The number of aliphatic hydroxyl groups is 1. The van der Waals surface area contributed by atoms with Gasteiger partial charge in [0.05, 0.1) is 13.2 Å². The summed E-state index contributed by atoms with van der Waals surface area (Å²) in [5.41, 5.74) is 2.90. The van der Waals surface area contributed by atoms with Gasteiger partial charge in [-0.05, 0) is 37.0 Å². The Bertz CT molecular complexity index is 596. The van der Waals surface area contributed by atoms with E-state index in [0.717, 1.165) is 6.42 Å². The first kappa shape index (κ1) is 15.5. The Morgan fingerprint density at radius 2 is 1.95 bits per heavy atom. The SMILES string of the molecule is COc1cccc(CC(O)CCc2cccc(C)c2)c1F. The normalized spacial score (nSPS) is 12.2. The minimum Gasteiger partial charge on any atom is -0.494 e. The number of hydrogen-bond acceptors (Lipinski definition) is 2. The zero-order valence-corrected chi connectivity index (χ0v) is 12.5. The number of rotatable bonds is 6. The van der Waals surface area contributed by atoms with Gasteiger partial charge in [-0.1, -0.05) is 42.0 Å². The summed E-state index contributed by atoms with van der Waals surface area (Å²) in [5, 5.41) is 10.1. The van der Waals surface area contributed by atoms with Crippen LogP contribution in [0.1, 0.15) is 23.1 Å². The largest absolute Gasteiger partial charge is 0.494 e. The summed E-state index contributed by atoms with van der Waals surface area (Å²) in [5.74, 6) is -0.159. The molecule has 3 heteroatoms. The Morgan fingerprint density at radius 3 is 2.67 bits per heavy atom. The molecule has 0 radical (unpaired) electrons. The lowest BCUT2D eigenvalue weighted by molar-refractivity contribution is 0.163. The molecule has 0 aliphatic carbocycles. The van der Waals surface area contributed by atoms with E-state index in [1.807, 2.05) is 25.1 Å². The molecular weight excluding hydrogens is 267 g/mol. The van der Waals surface area contributed by atoms with Crippen molar-refractivity contribution >= 4 is 0 Å². The molecule has 2 rings (SSSR count). The van der Waals surface area contributed by atoms with E-state index in [2.05, 4.69) is 6.07 Å². The average molecular weight is 288 g/mol. The van der Waals surface area contributed by atoms with Crippen molar-refractivity contribution < 1.29 is 14.2 Å². The summed E-state index contributed by atoms with van der Waals surface area (Å²) in [6.07, 6.45) is 1.13. The first-order valence-electron chi connectivity index (χ1n) is 7.15. The molecule has 0 saturated carbocycles. The zero-order valence-electron chi connectivity index (χ0n) is 12.5. The maximum absolute atomic E-state index is 14.0. The maximum atomic E-state index is 14.0. The van der Waals surface area contributed by atoms with Gasteiger partial charge in [-0.15, -0.1) is 0 Å². The molecule has 1 atom stereocenters. The summed E-state index contributed by atoms with van der Waals surface area (Å²) >= 11 is 0. The molecule has 2 aromatic rings. The quantitative estimate of drug-likeness (QED) is 0.878. The van der Waals surface area contributed by atoms with Crippen molar-refractivity contribution in [2.24, 2.45) is 0 Å². The first-order chi connectivity index (χ1) is 10.1. The molecule has 112 valence electrons. The van der Waals surface area contributed by atoms with Gasteiger partial charge >= 0.3 is 0 Å². The number of halogens is 1. The summed E-state index contributed by atoms with van der Waals surface area (Å²) < 4.78 is 19.0. The van der Waals surface area contributed by atoms with Crippen LogP contribution in [0.3, 0.4) is 0 Å². The average Bonchev–Trinajstić information content (AvgIpc) is 2.47. The van der Waals surface area contributed by atoms with Crippen molar-refractivity contribution in [1.29, 1.82) is 0 Å². The number of methoxy groups -OCH3 is 1. The van der Waals surface area contributed by atoms with Gasteiger partial charge < -0.3 is 9.84 Å². The molecule has 0 aliphatic rings. The molecular formula is C18H21FO2. The Balaban J connectivity index is 1.94. The fourth-order valence-electron chi connectivity index (χ4n) is 2.43. The van der Waals surface area contributed by atoms with E-state index in [9.17, 15) is 9.50 Å². The Kier molecular flexibility index (Phi) is 5.34. The maximum Gasteiger partial charge on any atom is 0.168 e. The van der Waals surface area contributed by atoms with E-state index in [1.54, 1.807) is 18.2 Å². The molecule has 1 N–H and O–H groups in total. The van der Waals surface area contributed by atoms with Crippen molar-refractivity contribution in [3.05, 3.63) is 65.0 Å². The van der Waals surface area contributed by atoms with Gasteiger partial charge in [0.25, 0.3) is 0 Å². The van der Waals surface area contributed by atoms with Crippen LogP contribution in [0.5, 0.6) is 5.75 Å². The van der Waals surface area contributed by atoms with Crippen LogP contribution in [0.25, 0.3) is 0 Å². The van der Waals surface area contributed by atoms with Gasteiger partial charge in [0, 0.05) is 6.42 Å². The van der Waals surface area contributed by atoms with Crippen molar-refractivity contribution in [3.8, 4) is 5.75 Å². The van der Waals surface area contributed by atoms with Crippen LogP contribution in [0.4, 0.5) is 4.39 Å². The van der Waals surface area contributed by atoms with Gasteiger partial charge in [0.1, 0.15) is 0 Å². The van der Waals surface area contributed by atoms with Crippen LogP contribution in [0.2, 0.25) is 0 Å². The van der Waals surface area contributed by atoms with Crippen LogP contribution < -0.4 is 4.74 Å². The number of benzene rings is 2. The highest BCUT2D eigenvalue weighted by Gasteiger charge is 2.13. The van der Waals surface area contributed by atoms with E-state index in [1.165, 1.54) is 18.2 Å². The lowest BCUT2D eigenvalue weighted by atomic mass is 10.00. The predicted molar refractivity (Wildman–Crippen MR) is 82.2 cm³/mol. The highest BCUT2D eigenvalue weighted by Crippen LogP contribution is 2.22. The molecule has 0 aliphatic heterocycles. The van der Waals surface area contributed by atoms with E-state index in [-0.39, 0.29) is 11.6 Å². The second kappa shape index (κ2) is 7.23. The van der Waals surface area contributed by atoms with E-state index >= 15 is 0 Å². The minimum absolute atomic E-state index is 0.221. The third kappa shape index (κ3) is 4.30. The van der Waals surface area contributed by atoms with Crippen LogP contribution in [0, 0.1) is 12.7 Å². The minimum atomic E-state index is -0.563. The predicted octanol–water partition coefficient (Wildman–Crippen LogP) is 3.68. The lowest BCUT2D eigenvalue weighted by Gasteiger charge is -2.13. The molecule has 2 nitrogen and oxygen atoms in total. The van der Waals surface area contributed by atoms with E-state index in [0.29, 0.717) is 18.4 Å². The molecule has 2 aromatic carbocycles. The van der Waals surface area contributed by atoms with Crippen molar-refractivity contribution in [3.63, 3.8) is 0 Å². The molecule has 0 heterocycles. The number of aliphatic hydroxyl groups excluding tert-OH is 1. The van der Waals surface area contributed by atoms with E-state index in [4.69, 9.17) is 4.74 Å². The third-order valence-corrected chi connectivity index (χ3v) is 3.57. The summed E-state index contributed by atoms with van der Waals surface area (Å²) in [7, 11) is 1.44. The molecule has 21 heavy (non-hydrogen) atoms. The fourth-order valence-corrected chi connectivity index (χ4v) is 2.43. The fraction of sp³-hybridized carbons (Fsp3) is 0.333. The molecule has 1 unspecified atom stereocenters. The number of hydrogen-bond donors (Lipinski definition) is 1. The molecule has 0 bridgehead atoms. The smallest absolute Gasteiger partial charge is 0.168 e. The van der Waals surface area contributed by atoms with Gasteiger partial charge in [0.15, 0.2) is 11.6 Å². The third-order valence-electron chi connectivity index (χ3n) is 3.57. The first-order valence-corrected chi connectivity index (χ1v) is 7.15. The highest BCUT2D eigenvalue weighted by molar-refractivity contribution is 5.31. The van der Waals surface area contributed by atoms with Gasteiger partial charge in [-0.3, -0.25) is 0 Å². The Labute approximate surface area is 125 Å². The zero-order chi connectivity index (χ0) is 15.2. The molecule has 0 aromatic heterocycles. The molecule has 0 saturated heterocycles. The van der Waals surface area contributed by atoms with Crippen LogP contribution >= 0.6 is 0 Å². The second-order valence-electron chi connectivity index (χ2n) is 5.32. The topological polar surface area (TPSA) is 29.5 Å². The van der Waals surface area contributed by atoms with Crippen LogP contribution in [-0.4, -0.2) is 18.3 Å². The van der Waals surface area contributed by atoms with Crippen molar-refractivity contribution in [2.45, 2.75) is 32.3 Å². The molecule has 0 fully saturated rings. The Hall–Kier alpha value is -1.87. The second-order valence-corrected chi connectivity index (χ2v) is 5.32. The highest BCUT2D eigenvalue weighted by atomic mass is 19.1. The van der Waals surface area contributed by atoms with E-state index < -0.39 is 6.10 Å². The number of aryl methyl sites for hydroxylation is 2. The summed E-state index contributed by atoms with van der Waals surface area (Å²) in [6.45, 7) is 2.05. The van der Waals surface area contributed by atoms with Crippen molar-refractivity contribution in [1.82, 2.24) is 0 Å². The standard InChI is InChI=1S/C18H21FO2/c1-13-5-3-6-14(11-13)9-10-16(20)12-15-7-4-8-17(21-2)18(15)19/h3-8,11,16,20H,9-10,12H2,1-2H3. The van der Waals surface area contributed by atoms with Gasteiger partial charge in [-0.2, -0.15) is 0 Å². The lowest BCUT2D eigenvalue weighted by Crippen LogP contribution is -2.13. The monoisotopic (exact) mass is 288 g/mol.